The maximum absolute atomic E-state index is 13.1. The molecule has 0 aliphatic carbocycles. The minimum absolute atomic E-state index is 0.159. The fourth-order valence-electron chi connectivity index (χ4n) is 3.49. The number of hydrogen-bond donors (Lipinski definition) is 1. The molecule has 7 heteroatoms. The fraction of sp³-hybridized carbons (Fsp3) is 0.154. The second-order valence-corrected chi connectivity index (χ2v) is 7.53. The van der Waals surface area contributed by atoms with Crippen molar-refractivity contribution in [3.8, 4) is 5.75 Å². The van der Waals surface area contributed by atoms with E-state index in [-0.39, 0.29) is 11.5 Å². The van der Waals surface area contributed by atoms with Crippen molar-refractivity contribution < 1.29 is 18.3 Å². The number of ether oxygens (including phenoxy) is 1. The van der Waals surface area contributed by atoms with Crippen LogP contribution in [-0.4, -0.2) is 22.9 Å². The van der Waals surface area contributed by atoms with Gasteiger partial charge in [0.05, 0.1) is 13.7 Å². The molecule has 33 heavy (non-hydrogen) atoms. The van der Waals surface area contributed by atoms with Gasteiger partial charge < -0.3 is 14.5 Å². The van der Waals surface area contributed by atoms with E-state index in [4.69, 9.17) is 9.15 Å². The molecule has 0 atom stereocenters. The van der Waals surface area contributed by atoms with Crippen LogP contribution >= 0.6 is 0 Å². The number of benzene rings is 3. The zero-order chi connectivity index (χ0) is 23.0. The Labute approximate surface area is 191 Å². The van der Waals surface area contributed by atoms with Crippen molar-refractivity contribution in [2.75, 3.05) is 12.4 Å². The lowest BCUT2D eigenvalue weighted by molar-refractivity contribution is 0.102. The molecule has 0 fully saturated rings. The molecular weight excluding hydrogens is 421 g/mol. The van der Waals surface area contributed by atoms with Crippen LogP contribution in [0, 0.1) is 5.82 Å². The highest BCUT2D eigenvalue weighted by Gasteiger charge is 2.17. The summed E-state index contributed by atoms with van der Waals surface area (Å²) in [4.78, 5) is 19.0. The van der Waals surface area contributed by atoms with Crippen LogP contribution in [0.4, 0.5) is 10.1 Å². The van der Waals surface area contributed by atoms with Gasteiger partial charge in [0.1, 0.15) is 17.8 Å². The highest BCUT2D eigenvalue weighted by molar-refractivity contribution is 6.02. The first-order valence-electron chi connectivity index (χ1n) is 10.5. The number of para-hydroxylation sites is 1. The Bertz CT molecular complexity index is 1190. The van der Waals surface area contributed by atoms with E-state index in [2.05, 4.69) is 27.3 Å². The molecule has 0 aliphatic heterocycles. The lowest BCUT2D eigenvalue weighted by Gasteiger charge is -2.22. The lowest BCUT2D eigenvalue weighted by atomic mass is 10.1. The van der Waals surface area contributed by atoms with Gasteiger partial charge in [-0.1, -0.05) is 48.5 Å². The van der Waals surface area contributed by atoms with Gasteiger partial charge in [0.25, 0.3) is 5.91 Å². The second kappa shape index (κ2) is 10.6. The van der Waals surface area contributed by atoms with Gasteiger partial charge in [-0.05, 0) is 35.9 Å². The topological polar surface area (TPSA) is 67.6 Å². The van der Waals surface area contributed by atoms with Gasteiger partial charge in [-0.25, -0.2) is 9.37 Å². The summed E-state index contributed by atoms with van der Waals surface area (Å²) in [5.74, 6) is 0.439. The summed E-state index contributed by atoms with van der Waals surface area (Å²) in [6.07, 6.45) is 1.33. The number of carbonyl (C=O) groups is 1. The van der Waals surface area contributed by atoms with Crippen LogP contribution in [0.3, 0.4) is 0 Å². The van der Waals surface area contributed by atoms with Crippen LogP contribution < -0.4 is 10.1 Å². The van der Waals surface area contributed by atoms with Gasteiger partial charge in [0, 0.05) is 24.3 Å². The van der Waals surface area contributed by atoms with E-state index in [1.807, 2.05) is 42.5 Å². The number of halogens is 1. The molecule has 168 valence electrons. The molecule has 1 N–H and O–H groups in total. The largest absolute Gasteiger partial charge is 0.496 e. The summed E-state index contributed by atoms with van der Waals surface area (Å²) < 4.78 is 24.2. The van der Waals surface area contributed by atoms with E-state index in [9.17, 15) is 9.18 Å². The Morgan fingerprint density at radius 2 is 1.70 bits per heavy atom. The molecule has 1 aromatic heterocycles. The summed E-state index contributed by atoms with van der Waals surface area (Å²) in [5.41, 5.74) is 2.82. The molecular formula is C26H24FN3O3. The molecule has 0 unspecified atom stereocenters. The SMILES string of the molecule is COc1ccccc1CN(Cc1ccccc1)Cc1nc(C(=O)Nc2ccc(F)cc2)co1. The van der Waals surface area contributed by atoms with Crippen molar-refractivity contribution in [3.63, 3.8) is 0 Å². The molecule has 1 amide bonds. The number of methoxy groups -OCH3 is 1. The summed E-state index contributed by atoms with van der Waals surface area (Å²) in [6.45, 7) is 1.67. The predicted molar refractivity (Wildman–Crippen MR) is 123 cm³/mol. The van der Waals surface area contributed by atoms with Crippen molar-refractivity contribution in [2.45, 2.75) is 19.6 Å². The number of anilines is 1. The average Bonchev–Trinajstić information content (AvgIpc) is 3.30. The normalized spacial score (nSPS) is 10.9. The van der Waals surface area contributed by atoms with E-state index >= 15 is 0 Å². The van der Waals surface area contributed by atoms with Gasteiger partial charge >= 0.3 is 0 Å². The first-order chi connectivity index (χ1) is 16.1. The third-order valence-electron chi connectivity index (χ3n) is 5.08. The van der Waals surface area contributed by atoms with E-state index < -0.39 is 5.91 Å². The molecule has 0 aliphatic rings. The number of aromatic nitrogens is 1. The van der Waals surface area contributed by atoms with Crippen LogP contribution in [0.2, 0.25) is 0 Å². The third-order valence-corrected chi connectivity index (χ3v) is 5.08. The number of nitrogens with one attached hydrogen (secondary N) is 1. The maximum atomic E-state index is 13.1. The van der Waals surface area contributed by atoms with Gasteiger partial charge in [0.2, 0.25) is 5.89 Å². The first kappa shape index (κ1) is 22.2. The maximum Gasteiger partial charge on any atom is 0.277 e. The third kappa shape index (κ3) is 6.05. The minimum Gasteiger partial charge on any atom is -0.496 e. The smallest absolute Gasteiger partial charge is 0.277 e. The summed E-state index contributed by atoms with van der Waals surface area (Å²) in [7, 11) is 1.65. The number of rotatable bonds is 9. The molecule has 0 spiro atoms. The second-order valence-electron chi connectivity index (χ2n) is 7.53. The van der Waals surface area contributed by atoms with E-state index in [1.54, 1.807) is 7.11 Å². The van der Waals surface area contributed by atoms with Crippen LogP contribution in [0.5, 0.6) is 5.75 Å². The Hall–Kier alpha value is -3.97. The van der Waals surface area contributed by atoms with E-state index in [0.717, 1.165) is 16.9 Å². The number of hydrogen-bond acceptors (Lipinski definition) is 5. The molecule has 4 aromatic rings. The number of carbonyl (C=O) groups excluding carboxylic acids is 1. The van der Waals surface area contributed by atoms with Crippen LogP contribution in [0.25, 0.3) is 0 Å². The highest BCUT2D eigenvalue weighted by Crippen LogP contribution is 2.22. The summed E-state index contributed by atoms with van der Waals surface area (Å²) in [6, 6.07) is 23.5. The number of amides is 1. The molecule has 1 heterocycles. The van der Waals surface area contributed by atoms with Gasteiger partial charge in [-0.2, -0.15) is 0 Å². The van der Waals surface area contributed by atoms with Crippen LogP contribution in [0.15, 0.2) is 89.5 Å². The summed E-state index contributed by atoms with van der Waals surface area (Å²) in [5, 5.41) is 2.69. The van der Waals surface area contributed by atoms with Crippen LogP contribution in [-0.2, 0) is 19.6 Å². The van der Waals surface area contributed by atoms with Crippen molar-refractivity contribution in [1.82, 2.24) is 9.88 Å². The zero-order valence-electron chi connectivity index (χ0n) is 18.2. The number of nitrogens with zero attached hydrogens (tertiary/aromatic N) is 2. The van der Waals surface area contributed by atoms with Crippen LogP contribution in [0.1, 0.15) is 27.5 Å². The van der Waals surface area contributed by atoms with E-state index in [0.29, 0.717) is 31.2 Å². The molecule has 6 nitrogen and oxygen atoms in total. The standard InChI is InChI=1S/C26H24FN3O3/c1-32-24-10-6-5-9-20(24)16-30(15-19-7-3-2-4-8-19)17-25-29-23(18-33-25)26(31)28-22-13-11-21(27)12-14-22/h2-14,18H,15-17H2,1H3,(H,28,31). The van der Waals surface area contributed by atoms with Gasteiger partial charge in [-0.15, -0.1) is 0 Å². The molecule has 0 bridgehead atoms. The fourth-order valence-corrected chi connectivity index (χ4v) is 3.49. The Kier molecular flexibility index (Phi) is 7.12. The van der Waals surface area contributed by atoms with Crippen molar-refractivity contribution >= 4 is 11.6 Å². The molecule has 0 saturated heterocycles. The Morgan fingerprint density at radius 1 is 0.970 bits per heavy atom. The first-order valence-corrected chi connectivity index (χ1v) is 10.5. The zero-order valence-corrected chi connectivity index (χ0v) is 18.2. The van der Waals surface area contributed by atoms with Gasteiger partial charge in [0.15, 0.2) is 5.69 Å². The molecule has 0 saturated carbocycles. The van der Waals surface area contributed by atoms with Crippen molar-refractivity contribution in [2.24, 2.45) is 0 Å². The lowest BCUT2D eigenvalue weighted by Crippen LogP contribution is -2.23. The highest BCUT2D eigenvalue weighted by atomic mass is 19.1. The molecule has 3 aromatic carbocycles. The summed E-state index contributed by atoms with van der Waals surface area (Å²) >= 11 is 0. The number of oxazole rings is 1. The molecule has 4 rings (SSSR count). The molecule has 0 radical (unpaired) electrons. The predicted octanol–water partition coefficient (Wildman–Crippen LogP) is 5.28. The minimum atomic E-state index is -0.420. The Balaban J connectivity index is 1.49. The average molecular weight is 445 g/mol. The van der Waals surface area contributed by atoms with Crippen molar-refractivity contribution in [1.29, 1.82) is 0 Å². The van der Waals surface area contributed by atoms with Crippen molar-refractivity contribution in [3.05, 3.63) is 114 Å². The van der Waals surface area contributed by atoms with E-state index in [1.165, 1.54) is 30.5 Å². The van der Waals surface area contributed by atoms with Gasteiger partial charge in [-0.3, -0.25) is 9.69 Å². The Morgan fingerprint density at radius 3 is 2.45 bits per heavy atom. The quantitative estimate of drug-likeness (QED) is 0.380. The monoisotopic (exact) mass is 445 g/mol.